The fourth-order valence-electron chi connectivity index (χ4n) is 4.12. The summed E-state index contributed by atoms with van der Waals surface area (Å²) in [5.41, 5.74) is 6.23. The summed E-state index contributed by atoms with van der Waals surface area (Å²) in [6.45, 7) is 6.63. The summed E-state index contributed by atoms with van der Waals surface area (Å²) >= 11 is 0. The van der Waals surface area contributed by atoms with E-state index in [1.165, 1.54) is 0 Å². The highest BCUT2D eigenvalue weighted by molar-refractivity contribution is 5.95. The highest BCUT2D eigenvalue weighted by atomic mass is 16.3. The fourth-order valence-corrected chi connectivity index (χ4v) is 4.12. The molecule has 0 aliphatic rings. The molecule has 0 saturated heterocycles. The van der Waals surface area contributed by atoms with Crippen LogP contribution >= 0.6 is 0 Å². The lowest BCUT2D eigenvalue weighted by Crippen LogP contribution is -2.20. The molecular weight excluding hydrogens is 416 g/mol. The number of furan rings is 1. The van der Waals surface area contributed by atoms with Gasteiger partial charge in [0.05, 0.1) is 29.6 Å². The third-order valence-electron chi connectivity index (χ3n) is 5.53. The van der Waals surface area contributed by atoms with E-state index in [4.69, 9.17) is 4.42 Å². The number of pyridine rings is 1. The minimum absolute atomic E-state index is 0.0562. The molecule has 4 aromatic heterocycles. The summed E-state index contributed by atoms with van der Waals surface area (Å²) in [5.74, 6) is 0.571. The first-order chi connectivity index (χ1) is 16.0. The largest absolute Gasteiger partial charge is 0.464 e. The molecule has 5 aromatic rings. The van der Waals surface area contributed by atoms with E-state index in [9.17, 15) is 4.79 Å². The number of nitrogens with zero attached hydrogens (tertiary/aromatic N) is 5. The first kappa shape index (κ1) is 20.7. The van der Waals surface area contributed by atoms with E-state index >= 15 is 0 Å². The maximum absolute atomic E-state index is 12.8. The number of hydrogen-bond donors (Lipinski definition) is 1. The van der Waals surface area contributed by atoms with Crippen molar-refractivity contribution >= 4 is 22.6 Å². The van der Waals surface area contributed by atoms with E-state index in [1.54, 1.807) is 17.1 Å². The molecule has 4 heterocycles. The second-order valence-electron chi connectivity index (χ2n) is 8.11. The second-order valence-corrected chi connectivity index (χ2v) is 8.11. The number of amides is 1. The van der Waals surface area contributed by atoms with Crippen LogP contribution in [-0.2, 0) is 17.9 Å². The van der Waals surface area contributed by atoms with Gasteiger partial charge in [0.25, 0.3) is 0 Å². The minimum atomic E-state index is -0.173. The molecule has 0 spiro atoms. The van der Waals surface area contributed by atoms with Crippen LogP contribution in [0.15, 0.2) is 65.4 Å². The molecule has 0 fully saturated rings. The highest BCUT2D eigenvalue weighted by Gasteiger charge is 2.17. The van der Waals surface area contributed by atoms with Crippen molar-refractivity contribution in [2.45, 2.75) is 33.9 Å². The van der Waals surface area contributed by atoms with Gasteiger partial charge in [-0.3, -0.25) is 9.48 Å². The fraction of sp³-hybridized carbons (Fsp3) is 0.200. The number of aromatic nitrogens is 5. The van der Waals surface area contributed by atoms with Crippen molar-refractivity contribution in [3.63, 3.8) is 0 Å². The van der Waals surface area contributed by atoms with Gasteiger partial charge in [0.15, 0.2) is 5.65 Å². The Bertz CT molecular complexity index is 1450. The standard InChI is InChI=1S/C25H24N6O2/c1-16-12-17(2)30(28-16)14-19-6-4-7-20(13-19)27-23(32)15-31-25-24(18(3)29-31)21(9-10-26-25)22-8-5-11-33-22/h4-13H,14-15H2,1-3H3,(H,27,32). The van der Waals surface area contributed by atoms with Crippen LogP contribution in [0, 0.1) is 20.8 Å². The number of fused-ring (bicyclic) bond motifs is 1. The van der Waals surface area contributed by atoms with E-state index in [-0.39, 0.29) is 12.5 Å². The molecule has 0 aliphatic heterocycles. The first-order valence-electron chi connectivity index (χ1n) is 10.7. The summed E-state index contributed by atoms with van der Waals surface area (Å²) in [6, 6.07) is 15.5. The van der Waals surface area contributed by atoms with Crippen LogP contribution in [0.1, 0.15) is 22.6 Å². The molecule has 1 N–H and O–H groups in total. The molecule has 33 heavy (non-hydrogen) atoms. The van der Waals surface area contributed by atoms with Gasteiger partial charge in [-0.1, -0.05) is 12.1 Å². The molecule has 1 amide bonds. The molecule has 5 rings (SSSR count). The maximum Gasteiger partial charge on any atom is 0.246 e. The Morgan fingerprint density at radius 2 is 1.91 bits per heavy atom. The molecule has 8 nitrogen and oxygen atoms in total. The van der Waals surface area contributed by atoms with Crippen LogP contribution in [0.3, 0.4) is 0 Å². The van der Waals surface area contributed by atoms with E-state index in [0.717, 1.165) is 45.0 Å². The zero-order valence-corrected chi connectivity index (χ0v) is 18.7. The average molecular weight is 441 g/mol. The second kappa shape index (κ2) is 8.38. The quantitative estimate of drug-likeness (QED) is 0.420. The van der Waals surface area contributed by atoms with Gasteiger partial charge in [0.2, 0.25) is 5.91 Å². The van der Waals surface area contributed by atoms with E-state index < -0.39 is 0 Å². The Labute approximate surface area is 190 Å². The average Bonchev–Trinajstić information content (AvgIpc) is 3.49. The Balaban J connectivity index is 1.35. The molecule has 8 heteroatoms. The Morgan fingerprint density at radius 3 is 2.67 bits per heavy atom. The van der Waals surface area contributed by atoms with Gasteiger partial charge in [-0.2, -0.15) is 10.2 Å². The van der Waals surface area contributed by atoms with E-state index in [0.29, 0.717) is 12.2 Å². The number of aryl methyl sites for hydroxylation is 3. The number of nitrogens with one attached hydrogen (secondary N) is 1. The van der Waals surface area contributed by atoms with Crippen LogP contribution in [0.2, 0.25) is 0 Å². The van der Waals surface area contributed by atoms with Crippen molar-refractivity contribution in [1.29, 1.82) is 0 Å². The van der Waals surface area contributed by atoms with Crippen LogP contribution in [0.25, 0.3) is 22.4 Å². The van der Waals surface area contributed by atoms with Gasteiger partial charge >= 0.3 is 0 Å². The van der Waals surface area contributed by atoms with Gasteiger partial charge in [-0.15, -0.1) is 0 Å². The van der Waals surface area contributed by atoms with E-state index in [2.05, 4.69) is 20.5 Å². The molecule has 0 atom stereocenters. The SMILES string of the molecule is Cc1cc(C)n(Cc2cccc(NC(=O)Cn3nc(C)c4c(-c5ccco5)ccnc43)c2)n1. The van der Waals surface area contributed by atoms with Gasteiger partial charge < -0.3 is 9.73 Å². The van der Waals surface area contributed by atoms with Gasteiger partial charge in [-0.05, 0) is 62.7 Å². The minimum Gasteiger partial charge on any atom is -0.464 e. The normalized spacial score (nSPS) is 11.2. The first-order valence-corrected chi connectivity index (χ1v) is 10.7. The van der Waals surface area contributed by atoms with Crippen LogP contribution in [0.4, 0.5) is 5.69 Å². The number of anilines is 1. The summed E-state index contributed by atoms with van der Waals surface area (Å²) in [6.07, 6.45) is 3.34. The van der Waals surface area contributed by atoms with Crippen molar-refractivity contribution in [3.8, 4) is 11.3 Å². The molecule has 0 radical (unpaired) electrons. The summed E-state index contributed by atoms with van der Waals surface area (Å²) < 4.78 is 9.15. The number of carbonyl (C=O) groups is 1. The predicted octanol–water partition coefficient (Wildman–Crippen LogP) is 4.50. The lowest BCUT2D eigenvalue weighted by atomic mass is 10.1. The summed E-state index contributed by atoms with van der Waals surface area (Å²) in [7, 11) is 0. The lowest BCUT2D eigenvalue weighted by Gasteiger charge is -2.09. The number of carbonyl (C=O) groups excluding carboxylic acids is 1. The van der Waals surface area contributed by atoms with Crippen LogP contribution < -0.4 is 5.32 Å². The molecule has 166 valence electrons. The van der Waals surface area contributed by atoms with Gasteiger partial charge in [0.1, 0.15) is 12.3 Å². The van der Waals surface area contributed by atoms with Gasteiger partial charge in [-0.25, -0.2) is 9.67 Å². The third kappa shape index (κ3) is 4.15. The Kier molecular flexibility index (Phi) is 5.26. The number of hydrogen-bond acceptors (Lipinski definition) is 5. The summed E-state index contributed by atoms with van der Waals surface area (Å²) in [4.78, 5) is 17.3. The third-order valence-corrected chi connectivity index (χ3v) is 5.53. The highest BCUT2D eigenvalue weighted by Crippen LogP contribution is 2.30. The van der Waals surface area contributed by atoms with Crippen LogP contribution in [-0.4, -0.2) is 30.5 Å². The molecule has 1 aromatic carbocycles. The number of benzene rings is 1. The zero-order chi connectivity index (χ0) is 22.9. The lowest BCUT2D eigenvalue weighted by molar-refractivity contribution is -0.116. The maximum atomic E-state index is 12.8. The Hall–Kier alpha value is -4.20. The van der Waals surface area contributed by atoms with Gasteiger partial charge in [0, 0.05) is 23.1 Å². The van der Waals surface area contributed by atoms with E-state index in [1.807, 2.05) is 74.0 Å². The molecule has 0 bridgehead atoms. The molecule has 0 saturated carbocycles. The molecule has 0 unspecified atom stereocenters. The monoisotopic (exact) mass is 440 g/mol. The number of rotatable bonds is 6. The van der Waals surface area contributed by atoms with Crippen LogP contribution in [0.5, 0.6) is 0 Å². The molecule has 0 aliphatic carbocycles. The summed E-state index contributed by atoms with van der Waals surface area (Å²) in [5, 5.41) is 12.9. The predicted molar refractivity (Wildman–Crippen MR) is 126 cm³/mol. The topological polar surface area (TPSA) is 90.8 Å². The smallest absolute Gasteiger partial charge is 0.246 e. The van der Waals surface area contributed by atoms with Crippen molar-refractivity contribution in [1.82, 2.24) is 24.5 Å². The zero-order valence-electron chi connectivity index (χ0n) is 18.7. The van der Waals surface area contributed by atoms with Crippen molar-refractivity contribution in [2.24, 2.45) is 0 Å². The van der Waals surface area contributed by atoms with Crippen molar-refractivity contribution < 1.29 is 9.21 Å². The van der Waals surface area contributed by atoms with Crippen molar-refractivity contribution in [2.75, 3.05) is 5.32 Å². The Morgan fingerprint density at radius 1 is 1.03 bits per heavy atom. The van der Waals surface area contributed by atoms with Crippen molar-refractivity contribution in [3.05, 3.63) is 83.6 Å². The molecular formula is C25H24N6O2.